The van der Waals surface area contributed by atoms with E-state index in [0.29, 0.717) is 0 Å². The van der Waals surface area contributed by atoms with Crippen molar-refractivity contribution < 1.29 is 0 Å². The Labute approximate surface area is 320 Å². The van der Waals surface area contributed by atoms with E-state index in [9.17, 15) is 0 Å². The summed E-state index contributed by atoms with van der Waals surface area (Å²) in [5.74, 6) is 0. The molecule has 55 heavy (non-hydrogen) atoms. The Balaban J connectivity index is 1.07. The highest BCUT2D eigenvalue weighted by molar-refractivity contribution is 6.22. The van der Waals surface area contributed by atoms with E-state index < -0.39 is 0 Å². The Morgan fingerprint density at radius 1 is 0.218 bits per heavy atom. The van der Waals surface area contributed by atoms with Gasteiger partial charge in [-0.15, -0.1) is 0 Å². The summed E-state index contributed by atoms with van der Waals surface area (Å²) >= 11 is 0. The van der Waals surface area contributed by atoms with E-state index in [-0.39, 0.29) is 0 Å². The Bertz CT molecular complexity index is 3200. The summed E-state index contributed by atoms with van der Waals surface area (Å²) in [6.07, 6.45) is 0. The van der Waals surface area contributed by atoms with Crippen molar-refractivity contribution in [2.24, 2.45) is 0 Å². The van der Waals surface area contributed by atoms with Crippen molar-refractivity contribution in [2.45, 2.75) is 6.92 Å². The van der Waals surface area contributed by atoms with Crippen LogP contribution in [0.2, 0.25) is 0 Å². The molecule has 0 saturated heterocycles. The molecule has 0 amide bonds. The highest BCUT2D eigenvalue weighted by atomic mass is 14.2. The molecular weight excluding hydrogens is 661 g/mol. The summed E-state index contributed by atoms with van der Waals surface area (Å²) in [5, 5.41) is 15.3. The van der Waals surface area contributed by atoms with Crippen LogP contribution in [0, 0.1) is 6.92 Å². The summed E-state index contributed by atoms with van der Waals surface area (Å²) < 4.78 is 0. The third-order valence-electron chi connectivity index (χ3n) is 11.8. The predicted molar refractivity (Wildman–Crippen MR) is 238 cm³/mol. The largest absolute Gasteiger partial charge is 0.0622 e. The van der Waals surface area contributed by atoms with Crippen molar-refractivity contribution in [3.63, 3.8) is 0 Å². The molecule has 0 radical (unpaired) electrons. The lowest BCUT2D eigenvalue weighted by Gasteiger charge is -2.19. The molecule has 11 aromatic carbocycles. The van der Waals surface area contributed by atoms with Crippen LogP contribution in [0.4, 0.5) is 0 Å². The highest BCUT2D eigenvalue weighted by Gasteiger charge is 2.18. The molecule has 0 heteroatoms. The lowest BCUT2D eigenvalue weighted by Crippen LogP contribution is -1.91. The smallest absolute Gasteiger partial charge is 0.00262 e. The molecule has 11 rings (SSSR count). The molecule has 0 spiro atoms. The van der Waals surface area contributed by atoms with Crippen molar-refractivity contribution in [1.82, 2.24) is 0 Å². The third-order valence-corrected chi connectivity index (χ3v) is 11.8. The molecule has 0 fully saturated rings. The van der Waals surface area contributed by atoms with Crippen LogP contribution in [0.3, 0.4) is 0 Å². The molecule has 0 saturated carbocycles. The van der Waals surface area contributed by atoms with E-state index in [4.69, 9.17) is 0 Å². The standard InChI is InChI=1S/C55H36/c1-35-45-15-5-7-17-47(45)53(48-18-8-6-16-46(35)48)42-29-26-41-34-44(30-27-40(41)33-42)55-51-21-11-9-19-49(51)54(50-20-10-12-22-52(50)55)43-28-25-38-31-37(23-24-39(38)32-43)36-13-3-2-4-14-36/h2-34H,1H3. The van der Waals surface area contributed by atoms with Gasteiger partial charge in [0.1, 0.15) is 0 Å². The summed E-state index contributed by atoms with van der Waals surface area (Å²) in [4.78, 5) is 0. The number of hydrogen-bond donors (Lipinski definition) is 0. The molecule has 0 atom stereocenters. The monoisotopic (exact) mass is 696 g/mol. The van der Waals surface area contributed by atoms with E-state index >= 15 is 0 Å². The Kier molecular flexibility index (Phi) is 7.19. The number of benzene rings is 11. The van der Waals surface area contributed by atoms with Gasteiger partial charge in [-0.2, -0.15) is 0 Å². The van der Waals surface area contributed by atoms with Crippen LogP contribution in [0.1, 0.15) is 5.56 Å². The maximum atomic E-state index is 2.39. The maximum Gasteiger partial charge on any atom is -0.00262 e. The number of hydrogen-bond acceptors (Lipinski definition) is 0. The van der Waals surface area contributed by atoms with Crippen molar-refractivity contribution in [3.8, 4) is 44.5 Å². The van der Waals surface area contributed by atoms with Crippen molar-refractivity contribution >= 4 is 64.6 Å². The van der Waals surface area contributed by atoms with Gasteiger partial charge in [0.05, 0.1) is 0 Å². The van der Waals surface area contributed by atoms with Gasteiger partial charge in [-0.25, -0.2) is 0 Å². The molecule has 0 unspecified atom stereocenters. The minimum Gasteiger partial charge on any atom is -0.0622 e. The van der Waals surface area contributed by atoms with Crippen molar-refractivity contribution in [1.29, 1.82) is 0 Å². The molecule has 0 heterocycles. The average Bonchev–Trinajstić information content (AvgIpc) is 3.25. The van der Waals surface area contributed by atoms with Gasteiger partial charge < -0.3 is 0 Å². The first-order valence-electron chi connectivity index (χ1n) is 19.2. The lowest BCUT2D eigenvalue weighted by molar-refractivity contribution is 1.58. The van der Waals surface area contributed by atoms with Crippen LogP contribution in [0.5, 0.6) is 0 Å². The topological polar surface area (TPSA) is 0 Å². The van der Waals surface area contributed by atoms with E-state index in [1.165, 1.54) is 115 Å². The van der Waals surface area contributed by atoms with E-state index in [1.54, 1.807) is 0 Å². The second kappa shape index (κ2) is 12.5. The zero-order chi connectivity index (χ0) is 36.5. The first kappa shape index (κ1) is 31.5. The second-order valence-corrected chi connectivity index (χ2v) is 14.9. The van der Waals surface area contributed by atoms with Gasteiger partial charge in [-0.05, 0) is 146 Å². The van der Waals surface area contributed by atoms with Crippen LogP contribution in [0.15, 0.2) is 200 Å². The molecule has 0 aliphatic rings. The quantitative estimate of drug-likeness (QED) is 0.161. The Hall–Kier alpha value is -7.02. The number of fused-ring (bicyclic) bond motifs is 6. The Morgan fingerprint density at radius 3 is 0.855 bits per heavy atom. The number of rotatable bonds is 4. The van der Waals surface area contributed by atoms with Gasteiger partial charge in [0.25, 0.3) is 0 Å². The molecule has 11 aromatic rings. The molecular formula is C55H36. The van der Waals surface area contributed by atoms with E-state index in [1.807, 2.05) is 0 Å². The summed E-state index contributed by atoms with van der Waals surface area (Å²) in [5.41, 5.74) is 11.4. The van der Waals surface area contributed by atoms with Gasteiger partial charge in [0.2, 0.25) is 0 Å². The van der Waals surface area contributed by atoms with Crippen molar-refractivity contribution in [3.05, 3.63) is 206 Å². The van der Waals surface area contributed by atoms with E-state index in [2.05, 4.69) is 207 Å². The van der Waals surface area contributed by atoms with Gasteiger partial charge in [0, 0.05) is 0 Å². The third kappa shape index (κ3) is 5.07. The summed E-state index contributed by atoms with van der Waals surface area (Å²) in [6.45, 7) is 2.25. The maximum absolute atomic E-state index is 2.39. The van der Waals surface area contributed by atoms with Gasteiger partial charge in [-0.3, -0.25) is 0 Å². The molecule has 0 aromatic heterocycles. The number of aryl methyl sites for hydroxylation is 1. The van der Waals surface area contributed by atoms with Crippen molar-refractivity contribution in [2.75, 3.05) is 0 Å². The predicted octanol–water partition coefficient (Wildman–Crippen LogP) is 15.6. The average molecular weight is 697 g/mol. The van der Waals surface area contributed by atoms with E-state index in [0.717, 1.165) is 0 Å². The fourth-order valence-electron chi connectivity index (χ4n) is 9.18. The van der Waals surface area contributed by atoms with Crippen LogP contribution in [0.25, 0.3) is 109 Å². The van der Waals surface area contributed by atoms with Gasteiger partial charge >= 0.3 is 0 Å². The van der Waals surface area contributed by atoms with Gasteiger partial charge in [-0.1, -0.05) is 176 Å². The Morgan fingerprint density at radius 2 is 0.491 bits per heavy atom. The van der Waals surface area contributed by atoms with Crippen LogP contribution >= 0.6 is 0 Å². The molecule has 0 nitrogen and oxygen atoms in total. The first-order chi connectivity index (χ1) is 27.2. The lowest BCUT2D eigenvalue weighted by atomic mass is 9.85. The second-order valence-electron chi connectivity index (χ2n) is 14.9. The fraction of sp³-hybridized carbons (Fsp3) is 0.0182. The first-order valence-corrected chi connectivity index (χ1v) is 19.2. The molecule has 0 N–H and O–H groups in total. The fourth-order valence-corrected chi connectivity index (χ4v) is 9.18. The van der Waals surface area contributed by atoms with Crippen LogP contribution in [-0.2, 0) is 0 Å². The minimum absolute atomic E-state index is 1.23. The molecule has 256 valence electrons. The minimum atomic E-state index is 1.23. The zero-order valence-corrected chi connectivity index (χ0v) is 30.6. The van der Waals surface area contributed by atoms with Crippen LogP contribution < -0.4 is 0 Å². The molecule has 0 aliphatic heterocycles. The SMILES string of the molecule is Cc1c2ccccc2c(-c2ccc3cc(-c4c5ccccc5c(-c5ccc6cc(-c7ccccc7)ccc6c5)c5ccccc45)ccc3c2)c2ccccc12. The summed E-state index contributed by atoms with van der Waals surface area (Å²) in [7, 11) is 0. The molecule has 0 bridgehead atoms. The van der Waals surface area contributed by atoms with Crippen LogP contribution in [-0.4, -0.2) is 0 Å². The summed E-state index contributed by atoms with van der Waals surface area (Å²) in [6, 6.07) is 74.1. The highest BCUT2D eigenvalue weighted by Crippen LogP contribution is 2.45. The zero-order valence-electron chi connectivity index (χ0n) is 30.6. The van der Waals surface area contributed by atoms with Gasteiger partial charge in [0.15, 0.2) is 0 Å². The molecule has 0 aliphatic carbocycles. The normalized spacial score (nSPS) is 11.7.